The Morgan fingerprint density at radius 2 is 2.38 bits per heavy atom. The fourth-order valence-corrected chi connectivity index (χ4v) is 0.279. The summed E-state index contributed by atoms with van der Waals surface area (Å²) in [6.45, 7) is 3.30. The lowest BCUT2D eigenvalue weighted by Crippen LogP contribution is -1.70. The van der Waals surface area contributed by atoms with Crippen LogP contribution in [-0.4, -0.2) is 13.3 Å². The van der Waals surface area contributed by atoms with Crippen LogP contribution in [0.1, 0.15) is 0 Å². The molecule has 0 bridgehead atoms. The number of halogens is 1. The summed E-state index contributed by atoms with van der Waals surface area (Å²) >= 11 is 0. The Bertz CT molecular complexity index is 124. The van der Waals surface area contributed by atoms with Gasteiger partial charge in [-0.1, -0.05) is 12.7 Å². The van der Waals surface area contributed by atoms with Crippen molar-refractivity contribution in [1.82, 2.24) is 0 Å². The van der Waals surface area contributed by atoms with Crippen molar-refractivity contribution < 1.29 is 4.39 Å². The Labute approximate surface area is 48.2 Å². The Balaban J connectivity index is 3.79. The smallest absolute Gasteiger partial charge is 0.140 e. The molecule has 0 saturated heterocycles. The quantitative estimate of drug-likeness (QED) is 0.382. The molecule has 0 fully saturated rings. The van der Waals surface area contributed by atoms with Crippen LogP contribution in [0.2, 0.25) is 0 Å². The minimum atomic E-state index is -0.373. The minimum Gasteiger partial charge on any atom is -0.293 e. The Kier molecular flexibility index (Phi) is 3.76. The standard InChI is InChI=1S/C6H8FN/c1-3-4-6(7)5-8-2/h3-5H,1H2,2H3/b6-4+,8-5?. The maximum Gasteiger partial charge on any atom is 0.140 e. The number of nitrogens with zero attached hydrogens (tertiary/aromatic N) is 1. The van der Waals surface area contributed by atoms with Gasteiger partial charge < -0.3 is 0 Å². The molecule has 8 heavy (non-hydrogen) atoms. The maximum absolute atomic E-state index is 12.0. The van der Waals surface area contributed by atoms with Crippen molar-refractivity contribution >= 4 is 6.21 Å². The van der Waals surface area contributed by atoms with Crippen LogP contribution in [0.15, 0.2) is 29.6 Å². The molecule has 0 unspecified atom stereocenters. The van der Waals surface area contributed by atoms with Gasteiger partial charge in [-0.15, -0.1) is 0 Å². The highest BCUT2D eigenvalue weighted by Crippen LogP contribution is 1.89. The predicted octanol–water partition coefficient (Wildman–Crippen LogP) is 1.73. The molecule has 0 aromatic rings. The van der Waals surface area contributed by atoms with E-state index in [1.54, 1.807) is 0 Å². The minimum absolute atomic E-state index is 0.373. The first-order valence-corrected chi connectivity index (χ1v) is 2.21. The number of aliphatic imine (C=N–C) groups is 1. The molecule has 0 aromatic heterocycles. The largest absolute Gasteiger partial charge is 0.293 e. The fourth-order valence-electron chi connectivity index (χ4n) is 0.279. The molecule has 0 aromatic carbocycles. The molecule has 0 heterocycles. The SMILES string of the molecule is C=C/C=C(/F)C=NC. The third-order valence-corrected chi connectivity index (χ3v) is 0.530. The van der Waals surface area contributed by atoms with E-state index in [-0.39, 0.29) is 5.83 Å². The lowest BCUT2D eigenvalue weighted by Gasteiger charge is -1.77. The second-order valence-corrected chi connectivity index (χ2v) is 1.17. The first kappa shape index (κ1) is 7.08. The second kappa shape index (κ2) is 4.24. The molecular weight excluding hydrogens is 105 g/mol. The van der Waals surface area contributed by atoms with E-state index in [0.717, 1.165) is 6.21 Å². The van der Waals surface area contributed by atoms with Crippen LogP contribution in [0.25, 0.3) is 0 Å². The molecule has 0 radical (unpaired) electrons. The number of hydrogen-bond acceptors (Lipinski definition) is 1. The molecule has 0 amide bonds. The molecule has 2 heteroatoms. The maximum atomic E-state index is 12.0. The fraction of sp³-hybridized carbons (Fsp3) is 0.167. The second-order valence-electron chi connectivity index (χ2n) is 1.17. The highest BCUT2D eigenvalue weighted by atomic mass is 19.1. The molecule has 0 aliphatic heterocycles. The zero-order chi connectivity index (χ0) is 6.41. The molecule has 44 valence electrons. The molecule has 0 spiro atoms. The highest BCUT2D eigenvalue weighted by Gasteiger charge is 1.79. The summed E-state index contributed by atoms with van der Waals surface area (Å²) in [5.74, 6) is -0.373. The van der Waals surface area contributed by atoms with Crippen molar-refractivity contribution in [3.05, 3.63) is 24.6 Å². The molecule has 1 nitrogen and oxygen atoms in total. The van der Waals surface area contributed by atoms with E-state index in [1.807, 2.05) is 0 Å². The summed E-state index contributed by atoms with van der Waals surface area (Å²) in [5.41, 5.74) is 0. The highest BCUT2D eigenvalue weighted by molar-refractivity contribution is 5.75. The van der Waals surface area contributed by atoms with Gasteiger partial charge in [0, 0.05) is 7.05 Å². The van der Waals surface area contributed by atoms with E-state index < -0.39 is 0 Å². The van der Waals surface area contributed by atoms with Gasteiger partial charge in [0.2, 0.25) is 0 Å². The van der Waals surface area contributed by atoms with Crippen LogP contribution in [-0.2, 0) is 0 Å². The summed E-state index contributed by atoms with van der Waals surface area (Å²) in [7, 11) is 1.51. The molecule has 0 atom stereocenters. The van der Waals surface area contributed by atoms with Crippen molar-refractivity contribution in [3.63, 3.8) is 0 Å². The van der Waals surface area contributed by atoms with Crippen molar-refractivity contribution in [1.29, 1.82) is 0 Å². The molecule has 0 saturated carbocycles. The molecule has 0 rings (SSSR count). The molecular formula is C6H8FN. The van der Waals surface area contributed by atoms with Gasteiger partial charge in [-0.3, -0.25) is 4.99 Å². The third-order valence-electron chi connectivity index (χ3n) is 0.530. The Morgan fingerprint density at radius 3 is 2.75 bits per heavy atom. The van der Waals surface area contributed by atoms with Crippen LogP contribution >= 0.6 is 0 Å². The van der Waals surface area contributed by atoms with Gasteiger partial charge in [-0.2, -0.15) is 0 Å². The average molecular weight is 113 g/mol. The third kappa shape index (κ3) is 3.28. The number of allylic oxidation sites excluding steroid dienone is 3. The van der Waals surface area contributed by atoms with Crippen molar-refractivity contribution in [2.45, 2.75) is 0 Å². The van der Waals surface area contributed by atoms with Gasteiger partial charge in [0.25, 0.3) is 0 Å². The van der Waals surface area contributed by atoms with Gasteiger partial charge in [0.1, 0.15) is 5.83 Å². The van der Waals surface area contributed by atoms with Crippen LogP contribution in [0.4, 0.5) is 4.39 Å². The van der Waals surface area contributed by atoms with E-state index in [1.165, 1.54) is 19.2 Å². The van der Waals surface area contributed by atoms with Crippen molar-refractivity contribution in [3.8, 4) is 0 Å². The molecule has 0 N–H and O–H groups in total. The molecule has 0 aliphatic rings. The van der Waals surface area contributed by atoms with Crippen molar-refractivity contribution in [2.24, 2.45) is 4.99 Å². The molecule has 0 aliphatic carbocycles. The van der Waals surface area contributed by atoms with E-state index in [9.17, 15) is 4.39 Å². The summed E-state index contributed by atoms with van der Waals surface area (Å²) in [4.78, 5) is 3.44. The summed E-state index contributed by atoms with van der Waals surface area (Å²) in [5, 5.41) is 0. The zero-order valence-electron chi connectivity index (χ0n) is 4.76. The van der Waals surface area contributed by atoms with Crippen LogP contribution in [0.5, 0.6) is 0 Å². The van der Waals surface area contributed by atoms with Gasteiger partial charge in [-0.25, -0.2) is 4.39 Å². The van der Waals surface area contributed by atoms with Crippen LogP contribution < -0.4 is 0 Å². The Morgan fingerprint density at radius 1 is 1.75 bits per heavy atom. The number of rotatable bonds is 2. The first-order chi connectivity index (χ1) is 3.81. The lowest BCUT2D eigenvalue weighted by molar-refractivity contribution is 0.686. The summed E-state index contributed by atoms with van der Waals surface area (Å²) in [6.07, 6.45) is 3.74. The van der Waals surface area contributed by atoms with Gasteiger partial charge in [0.15, 0.2) is 0 Å². The van der Waals surface area contributed by atoms with E-state index in [4.69, 9.17) is 0 Å². The van der Waals surface area contributed by atoms with Crippen LogP contribution in [0, 0.1) is 0 Å². The van der Waals surface area contributed by atoms with Gasteiger partial charge >= 0.3 is 0 Å². The zero-order valence-corrected chi connectivity index (χ0v) is 4.76. The summed E-state index contributed by atoms with van der Waals surface area (Å²) < 4.78 is 12.0. The first-order valence-electron chi connectivity index (χ1n) is 2.21. The number of hydrogen-bond donors (Lipinski definition) is 0. The normalized spacial score (nSPS) is 12.5. The Hall–Kier alpha value is -0.920. The monoisotopic (exact) mass is 113 g/mol. The van der Waals surface area contributed by atoms with E-state index >= 15 is 0 Å². The van der Waals surface area contributed by atoms with E-state index in [2.05, 4.69) is 11.6 Å². The van der Waals surface area contributed by atoms with Crippen LogP contribution in [0.3, 0.4) is 0 Å². The average Bonchev–Trinajstić information content (AvgIpc) is 1.68. The van der Waals surface area contributed by atoms with E-state index in [0.29, 0.717) is 0 Å². The van der Waals surface area contributed by atoms with Gasteiger partial charge in [0.05, 0.1) is 6.21 Å². The predicted molar refractivity (Wildman–Crippen MR) is 33.8 cm³/mol. The van der Waals surface area contributed by atoms with Gasteiger partial charge in [-0.05, 0) is 6.08 Å². The topological polar surface area (TPSA) is 12.4 Å². The summed E-state index contributed by atoms with van der Waals surface area (Å²) in [6, 6.07) is 0. The lowest BCUT2D eigenvalue weighted by atomic mass is 10.5. The van der Waals surface area contributed by atoms with Crippen molar-refractivity contribution in [2.75, 3.05) is 7.05 Å².